The molecule has 0 spiro atoms. The number of benzene rings is 1. The van der Waals surface area contributed by atoms with Crippen molar-refractivity contribution in [3.05, 3.63) is 35.4 Å². The first-order chi connectivity index (χ1) is 8.66. The van der Waals surface area contributed by atoms with Crippen molar-refractivity contribution in [2.45, 2.75) is 19.4 Å². The maximum absolute atomic E-state index is 13.4. The second-order valence-electron chi connectivity index (χ2n) is 4.00. The van der Waals surface area contributed by atoms with E-state index < -0.39 is 11.6 Å². The smallest absolute Gasteiger partial charge is 0.130 e. The number of aliphatic hydroxyl groups is 1. The summed E-state index contributed by atoms with van der Waals surface area (Å²) in [6.07, 6.45) is 0.723. The van der Waals surface area contributed by atoms with Gasteiger partial charge in [-0.1, -0.05) is 6.07 Å². The molecule has 1 unspecified atom stereocenters. The highest BCUT2D eigenvalue weighted by molar-refractivity contribution is 5.22. The Morgan fingerprint density at radius 1 is 1.28 bits per heavy atom. The molecule has 0 aromatic heterocycles. The fourth-order valence-corrected chi connectivity index (χ4v) is 1.69. The minimum absolute atomic E-state index is 0.00424. The number of hydrogen-bond acceptors (Lipinski definition) is 3. The van der Waals surface area contributed by atoms with E-state index in [1.807, 2.05) is 0 Å². The topological polar surface area (TPSA) is 41.5 Å². The molecule has 102 valence electrons. The van der Waals surface area contributed by atoms with E-state index in [0.717, 1.165) is 6.42 Å². The van der Waals surface area contributed by atoms with E-state index in [4.69, 9.17) is 9.84 Å². The maximum Gasteiger partial charge on any atom is 0.130 e. The molecular weight excluding hydrogens is 240 g/mol. The van der Waals surface area contributed by atoms with Crippen LogP contribution in [-0.2, 0) is 4.74 Å². The van der Waals surface area contributed by atoms with Crippen LogP contribution >= 0.6 is 0 Å². The molecule has 0 heterocycles. The van der Waals surface area contributed by atoms with E-state index in [2.05, 4.69) is 5.32 Å². The van der Waals surface area contributed by atoms with Crippen LogP contribution in [-0.4, -0.2) is 31.5 Å². The van der Waals surface area contributed by atoms with Crippen molar-refractivity contribution in [3.63, 3.8) is 0 Å². The second kappa shape index (κ2) is 8.13. The standard InChI is InChI=1S/C13H19F2NO2/c1-10(16-6-3-8-18-9-7-17)13-11(14)4-2-5-12(13)15/h2,4-5,10,16-17H,3,6-9H2,1H3. The first-order valence-corrected chi connectivity index (χ1v) is 6.02. The van der Waals surface area contributed by atoms with E-state index in [1.165, 1.54) is 18.2 Å². The van der Waals surface area contributed by atoms with Crippen LogP contribution < -0.4 is 5.32 Å². The van der Waals surface area contributed by atoms with E-state index in [9.17, 15) is 8.78 Å². The third-order valence-electron chi connectivity index (χ3n) is 2.58. The monoisotopic (exact) mass is 259 g/mol. The molecule has 0 saturated heterocycles. The Bertz CT molecular complexity index is 341. The van der Waals surface area contributed by atoms with Gasteiger partial charge < -0.3 is 15.2 Å². The Labute approximate surface area is 106 Å². The molecule has 1 atom stereocenters. The number of halogens is 2. The minimum Gasteiger partial charge on any atom is -0.394 e. The summed E-state index contributed by atoms with van der Waals surface area (Å²) in [6, 6.07) is 3.47. The summed E-state index contributed by atoms with van der Waals surface area (Å²) < 4.78 is 32.0. The first-order valence-electron chi connectivity index (χ1n) is 6.02. The number of ether oxygens (including phenoxy) is 1. The van der Waals surface area contributed by atoms with Crippen LogP contribution in [0.5, 0.6) is 0 Å². The van der Waals surface area contributed by atoms with Crippen LogP contribution in [0, 0.1) is 11.6 Å². The van der Waals surface area contributed by atoms with Gasteiger partial charge in [-0.3, -0.25) is 0 Å². The Kier molecular flexibility index (Phi) is 6.78. The lowest BCUT2D eigenvalue weighted by Gasteiger charge is -2.15. The van der Waals surface area contributed by atoms with Gasteiger partial charge in [-0.2, -0.15) is 0 Å². The van der Waals surface area contributed by atoms with Gasteiger partial charge in [0.25, 0.3) is 0 Å². The van der Waals surface area contributed by atoms with Crippen LogP contribution in [0.4, 0.5) is 8.78 Å². The zero-order valence-corrected chi connectivity index (χ0v) is 10.5. The molecule has 0 aliphatic rings. The molecule has 0 aliphatic carbocycles. The summed E-state index contributed by atoms with van der Waals surface area (Å²) in [5, 5.41) is 11.5. The zero-order chi connectivity index (χ0) is 13.4. The van der Waals surface area contributed by atoms with Crippen LogP contribution in [0.2, 0.25) is 0 Å². The van der Waals surface area contributed by atoms with Gasteiger partial charge in [-0.05, 0) is 32.0 Å². The van der Waals surface area contributed by atoms with Gasteiger partial charge in [-0.25, -0.2) is 8.78 Å². The number of hydrogen-bond donors (Lipinski definition) is 2. The van der Waals surface area contributed by atoms with E-state index >= 15 is 0 Å². The average Bonchev–Trinajstić information content (AvgIpc) is 2.33. The summed E-state index contributed by atoms with van der Waals surface area (Å²) in [6.45, 7) is 3.15. The first kappa shape index (κ1) is 15.0. The molecule has 0 amide bonds. The van der Waals surface area contributed by atoms with Crippen LogP contribution in [0.15, 0.2) is 18.2 Å². The van der Waals surface area contributed by atoms with Gasteiger partial charge in [0.1, 0.15) is 11.6 Å². The lowest BCUT2D eigenvalue weighted by atomic mass is 10.1. The van der Waals surface area contributed by atoms with Crippen molar-refractivity contribution in [3.8, 4) is 0 Å². The van der Waals surface area contributed by atoms with Crippen molar-refractivity contribution in [2.75, 3.05) is 26.4 Å². The van der Waals surface area contributed by atoms with Gasteiger partial charge in [0, 0.05) is 18.2 Å². The predicted molar refractivity (Wildman–Crippen MR) is 65.3 cm³/mol. The molecule has 0 radical (unpaired) electrons. The highest BCUT2D eigenvalue weighted by atomic mass is 19.1. The minimum atomic E-state index is -0.536. The van der Waals surface area contributed by atoms with E-state index in [1.54, 1.807) is 6.92 Å². The molecule has 0 bridgehead atoms. The summed E-state index contributed by atoms with van der Waals surface area (Å²) >= 11 is 0. The quantitative estimate of drug-likeness (QED) is 0.702. The summed E-state index contributed by atoms with van der Waals surface area (Å²) in [5.41, 5.74) is 0.0637. The normalized spacial score (nSPS) is 12.7. The van der Waals surface area contributed by atoms with Gasteiger partial charge in [-0.15, -0.1) is 0 Å². The van der Waals surface area contributed by atoms with Crippen LogP contribution in [0.25, 0.3) is 0 Å². The maximum atomic E-state index is 13.4. The van der Waals surface area contributed by atoms with Crippen molar-refractivity contribution < 1.29 is 18.6 Å². The third-order valence-corrected chi connectivity index (χ3v) is 2.58. The molecular formula is C13H19F2NO2. The van der Waals surface area contributed by atoms with Gasteiger partial charge in [0.05, 0.1) is 13.2 Å². The number of nitrogens with one attached hydrogen (secondary N) is 1. The van der Waals surface area contributed by atoms with Crippen molar-refractivity contribution in [2.24, 2.45) is 0 Å². The molecule has 0 aliphatic heterocycles. The molecule has 0 fully saturated rings. The largest absolute Gasteiger partial charge is 0.394 e. The second-order valence-corrected chi connectivity index (χ2v) is 4.00. The van der Waals surface area contributed by atoms with Gasteiger partial charge in [0.15, 0.2) is 0 Å². The SMILES string of the molecule is CC(NCCCOCCO)c1c(F)cccc1F. The van der Waals surface area contributed by atoms with Gasteiger partial charge in [0.2, 0.25) is 0 Å². The highest BCUT2D eigenvalue weighted by Crippen LogP contribution is 2.19. The fraction of sp³-hybridized carbons (Fsp3) is 0.538. The van der Waals surface area contributed by atoms with E-state index in [0.29, 0.717) is 19.8 Å². The summed E-state index contributed by atoms with van der Waals surface area (Å²) in [7, 11) is 0. The molecule has 1 aromatic rings. The van der Waals surface area contributed by atoms with Crippen molar-refractivity contribution in [1.82, 2.24) is 5.32 Å². The zero-order valence-electron chi connectivity index (χ0n) is 10.5. The van der Waals surface area contributed by atoms with Crippen molar-refractivity contribution in [1.29, 1.82) is 0 Å². The summed E-state index contributed by atoms with van der Waals surface area (Å²) in [4.78, 5) is 0. The lowest BCUT2D eigenvalue weighted by molar-refractivity contribution is 0.0904. The molecule has 2 N–H and O–H groups in total. The third kappa shape index (κ3) is 4.68. The molecule has 18 heavy (non-hydrogen) atoms. The Balaban J connectivity index is 2.34. The predicted octanol–water partition coefficient (Wildman–Crippen LogP) is 2.01. The summed E-state index contributed by atoms with van der Waals surface area (Å²) in [5.74, 6) is -1.07. The molecule has 0 saturated carbocycles. The van der Waals surface area contributed by atoms with Gasteiger partial charge >= 0.3 is 0 Å². The highest BCUT2D eigenvalue weighted by Gasteiger charge is 2.14. The van der Waals surface area contributed by atoms with Crippen LogP contribution in [0.1, 0.15) is 24.9 Å². The lowest BCUT2D eigenvalue weighted by Crippen LogP contribution is -2.23. The van der Waals surface area contributed by atoms with Crippen LogP contribution in [0.3, 0.4) is 0 Å². The number of rotatable bonds is 8. The van der Waals surface area contributed by atoms with E-state index in [-0.39, 0.29) is 18.2 Å². The molecule has 1 rings (SSSR count). The molecule has 5 heteroatoms. The molecule has 3 nitrogen and oxygen atoms in total. The van der Waals surface area contributed by atoms with Crippen molar-refractivity contribution >= 4 is 0 Å². The molecule has 1 aromatic carbocycles. The number of aliphatic hydroxyl groups excluding tert-OH is 1. The average molecular weight is 259 g/mol. The Hall–Kier alpha value is -1.04. The Morgan fingerprint density at radius 2 is 1.94 bits per heavy atom. The Morgan fingerprint density at radius 3 is 2.56 bits per heavy atom. The fourth-order valence-electron chi connectivity index (χ4n) is 1.69.